The van der Waals surface area contributed by atoms with Crippen molar-refractivity contribution in [1.82, 2.24) is 4.98 Å². The molecule has 2 N–H and O–H groups in total. The molecule has 0 amide bonds. The fourth-order valence-electron chi connectivity index (χ4n) is 1.19. The Morgan fingerprint density at radius 2 is 2.25 bits per heavy atom. The number of nitrogen functional groups attached to an aromatic ring is 1. The van der Waals surface area contributed by atoms with Gasteiger partial charge in [-0.3, -0.25) is 0 Å². The van der Waals surface area contributed by atoms with E-state index in [1.807, 2.05) is 5.51 Å². The largest absolute Gasteiger partial charge is 0.389 e. The molecule has 0 radical (unpaired) electrons. The molecule has 2 nitrogen and oxygen atoms in total. The van der Waals surface area contributed by atoms with Crippen molar-refractivity contribution in [3.63, 3.8) is 0 Å². The fraction of sp³-hybridized carbons (Fsp3) is 0.667. The molecule has 1 aromatic rings. The van der Waals surface area contributed by atoms with Crippen molar-refractivity contribution >= 4 is 16.3 Å². The zero-order valence-corrected chi connectivity index (χ0v) is 8.36. The average molecular weight is 184 g/mol. The zero-order chi connectivity index (χ0) is 8.81. The van der Waals surface area contributed by atoms with E-state index >= 15 is 0 Å². The number of nitrogens with zero attached hydrogens (tertiary/aromatic N) is 1. The number of aromatic nitrogens is 1. The minimum Gasteiger partial charge on any atom is -0.389 e. The molecule has 0 aliphatic rings. The predicted molar refractivity (Wildman–Crippen MR) is 54.4 cm³/mol. The first-order valence-electron chi connectivity index (χ1n) is 4.52. The fourth-order valence-corrected chi connectivity index (χ4v) is 1.77. The normalized spacial score (nSPS) is 10.4. The van der Waals surface area contributed by atoms with Crippen LogP contribution in [0, 0.1) is 0 Å². The van der Waals surface area contributed by atoms with Gasteiger partial charge in [-0.25, -0.2) is 4.98 Å². The highest BCUT2D eigenvalue weighted by atomic mass is 32.1. The second kappa shape index (κ2) is 5.14. The molecule has 1 rings (SSSR count). The smallest absolute Gasteiger partial charge is 0.109 e. The van der Waals surface area contributed by atoms with Crippen molar-refractivity contribution < 1.29 is 0 Å². The molecule has 1 aromatic heterocycles. The molecule has 12 heavy (non-hydrogen) atoms. The number of rotatable bonds is 5. The van der Waals surface area contributed by atoms with Crippen LogP contribution in [0.1, 0.15) is 38.3 Å². The van der Waals surface area contributed by atoms with Crippen molar-refractivity contribution in [1.29, 1.82) is 0 Å². The molecule has 0 atom stereocenters. The molecule has 0 unspecified atom stereocenters. The molecule has 68 valence electrons. The third-order valence-corrected chi connectivity index (χ3v) is 2.64. The van der Waals surface area contributed by atoms with Gasteiger partial charge in [-0.2, -0.15) is 0 Å². The molecular weight excluding hydrogens is 168 g/mol. The summed E-state index contributed by atoms with van der Waals surface area (Å²) in [6.07, 6.45) is 6.18. The molecule has 0 saturated carbocycles. The maximum absolute atomic E-state index is 5.71. The van der Waals surface area contributed by atoms with Crippen LogP contribution in [0.25, 0.3) is 0 Å². The van der Waals surface area contributed by atoms with Crippen LogP contribution in [0.3, 0.4) is 0 Å². The highest BCUT2D eigenvalue weighted by Crippen LogP contribution is 2.17. The standard InChI is InChI=1S/C9H16N2S/c1-2-3-4-5-6-8-9(10)12-7-11-8/h7H,2-6,10H2,1H3. The lowest BCUT2D eigenvalue weighted by Crippen LogP contribution is -1.91. The van der Waals surface area contributed by atoms with Crippen LogP contribution in [0.2, 0.25) is 0 Å². The van der Waals surface area contributed by atoms with Crippen molar-refractivity contribution in [2.45, 2.75) is 39.0 Å². The third-order valence-electron chi connectivity index (χ3n) is 1.94. The van der Waals surface area contributed by atoms with Gasteiger partial charge in [0.15, 0.2) is 0 Å². The zero-order valence-electron chi connectivity index (χ0n) is 7.55. The average Bonchev–Trinajstić information content (AvgIpc) is 2.46. The number of nitrogens with two attached hydrogens (primary N) is 1. The van der Waals surface area contributed by atoms with Crippen LogP contribution in [0.15, 0.2) is 5.51 Å². The Labute approximate surface area is 77.8 Å². The second-order valence-corrected chi connectivity index (χ2v) is 3.86. The second-order valence-electron chi connectivity index (χ2n) is 2.97. The topological polar surface area (TPSA) is 38.9 Å². The minimum atomic E-state index is 0.895. The first-order chi connectivity index (χ1) is 5.84. The van der Waals surface area contributed by atoms with E-state index in [4.69, 9.17) is 5.73 Å². The van der Waals surface area contributed by atoms with Gasteiger partial charge in [0.2, 0.25) is 0 Å². The summed E-state index contributed by atoms with van der Waals surface area (Å²) in [5.74, 6) is 0. The van der Waals surface area contributed by atoms with Crippen molar-refractivity contribution in [3.05, 3.63) is 11.2 Å². The monoisotopic (exact) mass is 184 g/mol. The molecule has 0 aromatic carbocycles. The predicted octanol–water partition coefficient (Wildman–Crippen LogP) is 2.85. The van der Waals surface area contributed by atoms with Crippen LogP contribution in [0.5, 0.6) is 0 Å². The maximum atomic E-state index is 5.71. The highest BCUT2D eigenvalue weighted by molar-refractivity contribution is 7.13. The van der Waals surface area contributed by atoms with E-state index in [0.29, 0.717) is 0 Å². The molecule has 1 heterocycles. The van der Waals surface area contributed by atoms with E-state index in [1.54, 1.807) is 0 Å². The number of aryl methyl sites for hydroxylation is 1. The SMILES string of the molecule is CCCCCCc1ncsc1N. The Bertz CT molecular complexity index is 220. The van der Waals surface area contributed by atoms with Crippen molar-refractivity contribution in [3.8, 4) is 0 Å². The molecule has 0 aliphatic carbocycles. The van der Waals surface area contributed by atoms with Crippen LogP contribution < -0.4 is 5.73 Å². The Hall–Kier alpha value is -0.570. The van der Waals surface area contributed by atoms with E-state index in [2.05, 4.69) is 11.9 Å². The van der Waals surface area contributed by atoms with Crippen LogP contribution in [0.4, 0.5) is 5.00 Å². The van der Waals surface area contributed by atoms with Crippen molar-refractivity contribution in [2.24, 2.45) is 0 Å². The minimum absolute atomic E-state index is 0.895. The van der Waals surface area contributed by atoms with Crippen molar-refractivity contribution in [2.75, 3.05) is 5.73 Å². The van der Waals surface area contributed by atoms with Gasteiger partial charge in [0, 0.05) is 0 Å². The first kappa shape index (κ1) is 9.52. The molecule has 3 heteroatoms. The quantitative estimate of drug-likeness (QED) is 0.715. The molecular formula is C9H16N2S. The summed E-state index contributed by atoms with van der Waals surface area (Å²) in [5, 5.41) is 0.895. The third kappa shape index (κ3) is 2.81. The van der Waals surface area contributed by atoms with Gasteiger partial charge in [0.1, 0.15) is 5.00 Å². The van der Waals surface area contributed by atoms with Crippen LogP contribution in [-0.2, 0) is 6.42 Å². The summed E-state index contributed by atoms with van der Waals surface area (Å²) in [5.41, 5.74) is 8.63. The van der Waals surface area contributed by atoms with Gasteiger partial charge in [-0.1, -0.05) is 26.2 Å². The summed E-state index contributed by atoms with van der Waals surface area (Å²) in [7, 11) is 0. The maximum Gasteiger partial charge on any atom is 0.109 e. The van der Waals surface area contributed by atoms with Crippen LogP contribution in [-0.4, -0.2) is 4.98 Å². The molecule has 0 fully saturated rings. The van der Waals surface area contributed by atoms with E-state index in [-0.39, 0.29) is 0 Å². The van der Waals surface area contributed by atoms with Gasteiger partial charge < -0.3 is 5.73 Å². The van der Waals surface area contributed by atoms with Gasteiger partial charge in [-0.15, -0.1) is 11.3 Å². The molecule has 0 aliphatic heterocycles. The number of hydrogen-bond acceptors (Lipinski definition) is 3. The number of anilines is 1. The Morgan fingerprint density at radius 1 is 1.42 bits per heavy atom. The summed E-state index contributed by atoms with van der Waals surface area (Å²) in [4.78, 5) is 4.21. The summed E-state index contributed by atoms with van der Waals surface area (Å²) in [6, 6.07) is 0. The molecule has 0 bridgehead atoms. The van der Waals surface area contributed by atoms with Gasteiger partial charge in [0.25, 0.3) is 0 Å². The van der Waals surface area contributed by atoms with E-state index in [9.17, 15) is 0 Å². The van der Waals surface area contributed by atoms with Gasteiger partial charge in [0.05, 0.1) is 11.2 Å². The van der Waals surface area contributed by atoms with E-state index in [1.165, 1.54) is 37.0 Å². The lowest BCUT2D eigenvalue weighted by atomic mass is 10.1. The lowest BCUT2D eigenvalue weighted by Gasteiger charge is -1.97. The van der Waals surface area contributed by atoms with Gasteiger partial charge >= 0.3 is 0 Å². The molecule has 0 spiro atoms. The first-order valence-corrected chi connectivity index (χ1v) is 5.40. The highest BCUT2D eigenvalue weighted by Gasteiger charge is 2.00. The summed E-state index contributed by atoms with van der Waals surface area (Å²) in [6.45, 7) is 2.22. The Morgan fingerprint density at radius 3 is 2.83 bits per heavy atom. The number of thiazole rings is 1. The number of unbranched alkanes of at least 4 members (excludes halogenated alkanes) is 3. The van der Waals surface area contributed by atoms with E-state index < -0.39 is 0 Å². The summed E-state index contributed by atoms with van der Waals surface area (Å²) >= 11 is 1.53. The lowest BCUT2D eigenvalue weighted by molar-refractivity contribution is 0.662. The van der Waals surface area contributed by atoms with Gasteiger partial charge in [-0.05, 0) is 12.8 Å². The number of hydrogen-bond donors (Lipinski definition) is 1. The van der Waals surface area contributed by atoms with E-state index in [0.717, 1.165) is 17.1 Å². The van der Waals surface area contributed by atoms with Crippen LogP contribution >= 0.6 is 11.3 Å². The summed E-state index contributed by atoms with van der Waals surface area (Å²) < 4.78 is 0. The molecule has 0 saturated heterocycles. The Balaban J connectivity index is 2.20. The Kier molecular flexibility index (Phi) is 4.08.